The molecule has 0 amide bonds. The lowest BCUT2D eigenvalue weighted by atomic mass is 10.0. The van der Waals surface area contributed by atoms with Gasteiger partial charge in [-0.05, 0) is 41.3 Å². The lowest BCUT2D eigenvalue weighted by Crippen LogP contribution is -2.15. The molecule has 1 nitrogen and oxygen atoms in total. The lowest BCUT2D eigenvalue weighted by Gasteiger charge is -2.19. The van der Waals surface area contributed by atoms with Crippen molar-refractivity contribution in [2.75, 3.05) is 18.5 Å². The Morgan fingerprint density at radius 1 is 0.833 bits per heavy atom. The summed E-state index contributed by atoms with van der Waals surface area (Å²) in [6, 6.07) is 19.6. The molecular weight excluding hydrogens is 218 g/mol. The number of hydrogen-bond acceptors (Lipinski definition) is 1. The number of fused-ring (bicyclic) bond motifs is 2. The van der Waals surface area contributed by atoms with Crippen LogP contribution in [0.5, 0.6) is 0 Å². The molecule has 3 rings (SSSR count). The van der Waals surface area contributed by atoms with E-state index in [1.54, 1.807) is 0 Å². The third-order valence-electron chi connectivity index (χ3n) is 3.61. The first-order valence-electron chi connectivity index (χ1n) is 6.42. The number of nitrogens with zero attached hydrogens (tertiary/aromatic N) is 1. The SMILES string of the molecule is CCN(C)c1cccc2cc3ccccc3cc12. The third kappa shape index (κ3) is 1.72. The van der Waals surface area contributed by atoms with Gasteiger partial charge in [-0.1, -0.05) is 36.4 Å². The maximum Gasteiger partial charge on any atom is 0.0443 e. The highest BCUT2D eigenvalue weighted by atomic mass is 15.1. The number of benzene rings is 3. The fourth-order valence-electron chi connectivity index (χ4n) is 2.45. The Bertz CT molecular complexity index is 700. The zero-order valence-electron chi connectivity index (χ0n) is 10.9. The van der Waals surface area contributed by atoms with E-state index in [1.165, 1.54) is 27.2 Å². The summed E-state index contributed by atoms with van der Waals surface area (Å²) in [5.74, 6) is 0. The van der Waals surface area contributed by atoms with Crippen molar-refractivity contribution in [1.29, 1.82) is 0 Å². The fraction of sp³-hybridized carbons (Fsp3) is 0.176. The van der Waals surface area contributed by atoms with E-state index in [9.17, 15) is 0 Å². The van der Waals surface area contributed by atoms with Crippen LogP contribution < -0.4 is 4.90 Å². The van der Waals surface area contributed by atoms with Crippen molar-refractivity contribution in [3.63, 3.8) is 0 Å². The van der Waals surface area contributed by atoms with E-state index in [-0.39, 0.29) is 0 Å². The molecule has 0 aromatic heterocycles. The zero-order chi connectivity index (χ0) is 12.5. The van der Waals surface area contributed by atoms with Crippen molar-refractivity contribution in [3.05, 3.63) is 54.6 Å². The Morgan fingerprint density at radius 2 is 1.50 bits per heavy atom. The molecule has 0 radical (unpaired) electrons. The smallest absolute Gasteiger partial charge is 0.0443 e. The number of rotatable bonds is 2. The minimum absolute atomic E-state index is 1.02. The third-order valence-corrected chi connectivity index (χ3v) is 3.61. The molecule has 1 heteroatoms. The van der Waals surface area contributed by atoms with Gasteiger partial charge in [-0.15, -0.1) is 0 Å². The first kappa shape index (κ1) is 11.1. The first-order chi connectivity index (χ1) is 8.79. The Hall–Kier alpha value is -2.02. The molecule has 0 heterocycles. The first-order valence-corrected chi connectivity index (χ1v) is 6.42. The normalized spacial score (nSPS) is 11.0. The Labute approximate surface area is 108 Å². The molecule has 18 heavy (non-hydrogen) atoms. The summed E-state index contributed by atoms with van der Waals surface area (Å²) >= 11 is 0. The van der Waals surface area contributed by atoms with Crippen molar-refractivity contribution < 1.29 is 0 Å². The zero-order valence-corrected chi connectivity index (χ0v) is 10.9. The summed E-state index contributed by atoms with van der Waals surface area (Å²) in [6.45, 7) is 3.20. The number of hydrogen-bond donors (Lipinski definition) is 0. The van der Waals surface area contributed by atoms with E-state index in [0.717, 1.165) is 6.54 Å². The van der Waals surface area contributed by atoms with Crippen LogP contribution in [0.25, 0.3) is 21.5 Å². The molecule has 0 fully saturated rings. The highest BCUT2D eigenvalue weighted by Gasteiger charge is 2.05. The van der Waals surface area contributed by atoms with Crippen LogP contribution in [0.4, 0.5) is 5.69 Å². The Morgan fingerprint density at radius 3 is 2.22 bits per heavy atom. The predicted molar refractivity (Wildman–Crippen MR) is 80.4 cm³/mol. The van der Waals surface area contributed by atoms with E-state index in [4.69, 9.17) is 0 Å². The predicted octanol–water partition coefficient (Wildman–Crippen LogP) is 4.45. The van der Waals surface area contributed by atoms with Gasteiger partial charge >= 0.3 is 0 Å². The molecule has 0 aliphatic carbocycles. The average Bonchev–Trinajstić information content (AvgIpc) is 2.43. The summed E-state index contributed by atoms with van der Waals surface area (Å²) < 4.78 is 0. The van der Waals surface area contributed by atoms with Gasteiger partial charge in [-0.25, -0.2) is 0 Å². The van der Waals surface area contributed by atoms with Crippen LogP contribution in [0.15, 0.2) is 54.6 Å². The van der Waals surface area contributed by atoms with Gasteiger partial charge in [0.2, 0.25) is 0 Å². The molecule has 90 valence electrons. The van der Waals surface area contributed by atoms with Gasteiger partial charge in [0.15, 0.2) is 0 Å². The molecule has 0 aliphatic heterocycles. The van der Waals surface area contributed by atoms with Gasteiger partial charge in [-0.2, -0.15) is 0 Å². The highest BCUT2D eigenvalue weighted by molar-refractivity contribution is 6.03. The van der Waals surface area contributed by atoms with E-state index < -0.39 is 0 Å². The second-order valence-electron chi connectivity index (χ2n) is 4.71. The van der Waals surface area contributed by atoms with Crippen molar-refractivity contribution in [2.24, 2.45) is 0 Å². The van der Waals surface area contributed by atoms with Crippen LogP contribution in [-0.4, -0.2) is 13.6 Å². The van der Waals surface area contributed by atoms with Gasteiger partial charge in [0, 0.05) is 24.7 Å². The van der Waals surface area contributed by atoms with E-state index in [2.05, 4.69) is 73.5 Å². The van der Waals surface area contributed by atoms with Crippen LogP contribution in [0, 0.1) is 0 Å². The van der Waals surface area contributed by atoms with Crippen LogP contribution >= 0.6 is 0 Å². The maximum atomic E-state index is 2.30. The minimum Gasteiger partial charge on any atom is -0.374 e. The highest BCUT2D eigenvalue weighted by Crippen LogP contribution is 2.30. The maximum absolute atomic E-state index is 2.30. The Kier molecular flexibility index (Phi) is 2.67. The second-order valence-corrected chi connectivity index (χ2v) is 4.71. The van der Waals surface area contributed by atoms with E-state index in [1.807, 2.05) is 0 Å². The van der Waals surface area contributed by atoms with Crippen LogP contribution in [-0.2, 0) is 0 Å². The topological polar surface area (TPSA) is 3.24 Å². The molecule has 3 aromatic rings. The molecule has 0 aliphatic rings. The van der Waals surface area contributed by atoms with Gasteiger partial charge in [0.25, 0.3) is 0 Å². The number of anilines is 1. The van der Waals surface area contributed by atoms with Crippen molar-refractivity contribution >= 4 is 27.2 Å². The second kappa shape index (κ2) is 4.34. The standard InChI is InChI=1S/C17H17N/c1-3-18(2)17-10-6-9-15-11-13-7-4-5-8-14(13)12-16(15)17/h4-12H,3H2,1-2H3. The molecule has 0 spiro atoms. The van der Waals surface area contributed by atoms with Crippen molar-refractivity contribution in [1.82, 2.24) is 0 Å². The molecule has 0 bridgehead atoms. The fourth-order valence-corrected chi connectivity index (χ4v) is 2.45. The largest absolute Gasteiger partial charge is 0.374 e. The molecule has 0 saturated heterocycles. The summed E-state index contributed by atoms with van der Waals surface area (Å²) in [5.41, 5.74) is 1.31. The van der Waals surface area contributed by atoms with Gasteiger partial charge < -0.3 is 4.90 Å². The van der Waals surface area contributed by atoms with Gasteiger partial charge in [0.05, 0.1) is 0 Å². The summed E-state index contributed by atoms with van der Waals surface area (Å²) in [6.07, 6.45) is 0. The summed E-state index contributed by atoms with van der Waals surface area (Å²) in [5, 5.41) is 5.26. The Balaban J connectivity index is 2.36. The van der Waals surface area contributed by atoms with Crippen LogP contribution in [0.3, 0.4) is 0 Å². The summed E-state index contributed by atoms with van der Waals surface area (Å²) in [7, 11) is 2.14. The molecule has 0 saturated carbocycles. The minimum atomic E-state index is 1.02. The van der Waals surface area contributed by atoms with Crippen molar-refractivity contribution in [3.8, 4) is 0 Å². The molecule has 0 unspecified atom stereocenters. The van der Waals surface area contributed by atoms with Crippen LogP contribution in [0.2, 0.25) is 0 Å². The summed E-state index contributed by atoms with van der Waals surface area (Å²) in [4.78, 5) is 2.29. The van der Waals surface area contributed by atoms with E-state index in [0.29, 0.717) is 0 Å². The molecule has 0 atom stereocenters. The van der Waals surface area contributed by atoms with Crippen LogP contribution in [0.1, 0.15) is 6.92 Å². The van der Waals surface area contributed by atoms with E-state index >= 15 is 0 Å². The lowest BCUT2D eigenvalue weighted by molar-refractivity contribution is 0.974. The quantitative estimate of drug-likeness (QED) is 0.593. The van der Waals surface area contributed by atoms with Gasteiger partial charge in [-0.3, -0.25) is 0 Å². The monoisotopic (exact) mass is 235 g/mol. The molecule has 3 aromatic carbocycles. The molecule has 0 N–H and O–H groups in total. The van der Waals surface area contributed by atoms with Gasteiger partial charge in [0.1, 0.15) is 0 Å². The average molecular weight is 235 g/mol. The van der Waals surface area contributed by atoms with Crippen molar-refractivity contribution in [2.45, 2.75) is 6.92 Å². The molecular formula is C17H17N.